The van der Waals surface area contributed by atoms with Gasteiger partial charge in [-0.05, 0) is 31.2 Å². The van der Waals surface area contributed by atoms with Crippen molar-refractivity contribution in [1.29, 1.82) is 0 Å². The van der Waals surface area contributed by atoms with Crippen LogP contribution >= 0.6 is 0 Å². The van der Waals surface area contributed by atoms with Gasteiger partial charge in [-0.25, -0.2) is 9.59 Å². The number of aromatic amines is 1. The Balaban J connectivity index is 1.98. The SMILES string of the molecule is CCOC(=O)/C(=C/N/C(=C/c1c[nH]c2ccccc12)C(=O)OC)c1ccccn1. The number of benzene rings is 1. The van der Waals surface area contributed by atoms with Crippen LogP contribution in [-0.2, 0) is 19.1 Å². The molecule has 7 nitrogen and oxygen atoms in total. The first-order valence-corrected chi connectivity index (χ1v) is 9.05. The van der Waals surface area contributed by atoms with Gasteiger partial charge in [-0.2, -0.15) is 0 Å². The molecule has 0 saturated heterocycles. The molecule has 0 amide bonds. The number of ether oxygens (including phenoxy) is 2. The topological polar surface area (TPSA) is 93.3 Å². The molecule has 2 heterocycles. The number of para-hydroxylation sites is 1. The monoisotopic (exact) mass is 391 g/mol. The fraction of sp³-hybridized carbons (Fsp3) is 0.136. The number of nitrogens with zero attached hydrogens (tertiary/aromatic N) is 1. The minimum Gasteiger partial charge on any atom is -0.464 e. The van der Waals surface area contributed by atoms with Gasteiger partial charge in [0.1, 0.15) is 11.3 Å². The number of aromatic nitrogens is 2. The Kier molecular flexibility index (Phi) is 6.42. The summed E-state index contributed by atoms with van der Waals surface area (Å²) < 4.78 is 9.99. The number of fused-ring (bicyclic) bond motifs is 1. The highest BCUT2D eigenvalue weighted by molar-refractivity contribution is 6.15. The fourth-order valence-corrected chi connectivity index (χ4v) is 2.76. The van der Waals surface area contributed by atoms with Gasteiger partial charge in [-0.3, -0.25) is 4.98 Å². The van der Waals surface area contributed by atoms with Gasteiger partial charge in [0, 0.05) is 35.1 Å². The highest BCUT2D eigenvalue weighted by Crippen LogP contribution is 2.20. The van der Waals surface area contributed by atoms with Gasteiger partial charge < -0.3 is 19.8 Å². The molecule has 0 atom stereocenters. The van der Waals surface area contributed by atoms with Crippen molar-refractivity contribution >= 4 is 34.5 Å². The predicted octanol–water partition coefficient (Wildman–Crippen LogP) is 3.27. The average molecular weight is 391 g/mol. The minimum atomic E-state index is -0.573. The number of pyridine rings is 1. The van der Waals surface area contributed by atoms with Crippen LogP contribution in [0.3, 0.4) is 0 Å². The lowest BCUT2D eigenvalue weighted by Gasteiger charge is -2.09. The van der Waals surface area contributed by atoms with E-state index in [1.165, 1.54) is 13.3 Å². The molecule has 0 aliphatic carbocycles. The van der Waals surface area contributed by atoms with E-state index >= 15 is 0 Å². The van der Waals surface area contributed by atoms with Crippen molar-refractivity contribution < 1.29 is 19.1 Å². The maximum Gasteiger partial charge on any atom is 0.354 e. The molecule has 7 heteroatoms. The number of nitrogens with one attached hydrogen (secondary N) is 2. The second-order valence-electron chi connectivity index (χ2n) is 5.98. The van der Waals surface area contributed by atoms with E-state index in [2.05, 4.69) is 15.3 Å². The maximum absolute atomic E-state index is 12.4. The number of carbonyl (C=O) groups is 2. The van der Waals surface area contributed by atoms with E-state index in [0.29, 0.717) is 5.69 Å². The van der Waals surface area contributed by atoms with Crippen LogP contribution in [0.15, 0.2) is 66.8 Å². The Hall–Kier alpha value is -3.87. The summed E-state index contributed by atoms with van der Waals surface area (Å²) >= 11 is 0. The Morgan fingerprint density at radius 3 is 2.66 bits per heavy atom. The number of carbonyl (C=O) groups excluding carboxylic acids is 2. The van der Waals surface area contributed by atoms with Crippen LogP contribution in [0.25, 0.3) is 22.6 Å². The summed E-state index contributed by atoms with van der Waals surface area (Å²) in [4.78, 5) is 32.0. The zero-order chi connectivity index (χ0) is 20.6. The number of methoxy groups -OCH3 is 1. The van der Waals surface area contributed by atoms with E-state index in [9.17, 15) is 9.59 Å². The first kappa shape index (κ1) is 19.9. The van der Waals surface area contributed by atoms with Gasteiger partial charge in [0.15, 0.2) is 0 Å². The minimum absolute atomic E-state index is 0.162. The van der Waals surface area contributed by atoms with E-state index in [1.54, 1.807) is 43.6 Å². The number of rotatable bonds is 7. The van der Waals surface area contributed by atoms with Crippen molar-refractivity contribution in [1.82, 2.24) is 15.3 Å². The number of hydrogen-bond acceptors (Lipinski definition) is 6. The molecule has 0 saturated carbocycles. The van der Waals surface area contributed by atoms with Crippen LogP contribution in [-0.4, -0.2) is 35.6 Å². The van der Waals surface area contributed by atoms with E-state index in [1.807, 2.05) is 24.3 Å². The molecule has 0 bridgehead atoms. The van der Waals surface area contributed by atoms with Crippen molar-refractivity contribution in [2.75, 3.05) is 13.7 Å². The normalized spacial score (nSPS) is 11.9. The lowest BCUT2D eigenvalue weighted by atomic mass is 10.1. The Morgan fingerprint density at radius 1 is 1.14 bits per heavy atom. The molecule has 148 valence electrons. The Bertz CT molecular complexity index is 1070. The van der Waals surface area contributed by atoms with Crippen LogP contribution < -0.4 is 5.32 Å². The van der Waals surface area contributed by atoms with Gasteiger partial charge in [0.2, 0.25) is 0 Å². The third-order valence-corrected chi connectivity index (χ3v) is 4.13. The van der Waals surface area contributed by atoms with Crippen molar-refractivity contribution in [2.24, 2.45) is 0 Å². The van der Waals surface area contributed by atoms with E-state index in [4.69, 9.17) is 9.47 Å². The Morgan fingerprint density at radius 2 is 1.93 bits per heavy atom. The zero-order valence-electron chi connectivity index (χ0n) is 16.1. The summed E-state index contributed by atoms with van der Waals surface area (Å²) in [6.07, 6.45) is 6.43. The average Bonchev–Trinajstić information content (AvgIpc) is 3.16. The molecule has 0 aliphatic rings. The summed E-state index contributed by atoms with van der Waals surface area (Å²) in [5.74, 6) is -1.12. The second kappa shape index (κ2) is 9.36. The first-order chi connectivity index (χ1) is 14.1. The van der Waals surface area contributed by atoms with Crippen LogP contribution in [0.1, 0.15) is 18.2 Å². The number of H-pyrrole nitrogens is 1. The standard InChI is InChI=1S/C22H21N3O4/c1-3-29-21(26)17(19-10-6-7-11-23-19)14-25-20(22(27)28-2)12-15-13-24-18-9-5-4-8-16(15)18/h4-14,24-25H,3H2,1-2H3/b17-14+,20-12+. The molecule has 0 radical (unpaired) electrons. The molecule has 29 heavy (non-hydrogen) atoms. The summed E-state index contributed by atoms with van der Waals surface area (Å²) in [7, 11) is 1.29. The molecule has 1 aromatic carbocycles. The highest BCUT2D eigenvalue weighted by atomic mass is 16.5. The Labute approximate surface area is 168 Å². The van der Waals surface area contributed by atoms with Crippen molar-refractivity contribution in [3.05, 3.63) is 78.0 Å². The zero-order valence-corrected chi connectivity index (χ0v) is 16.1. The first-order valence-electron chi connectivity index (χ1n) is 9.05. The maximum atomic E-state index is 12.4. The summed E-state index contributed by atoms with van der Waals surface area (Å²) in [6, 6.07) is 12.9. The molecule has 3 rings (SSSR count). The van der Waals surface area contributed by atoms with Crippen LogP contribution in [0.5, 0.6) is 0 Å². The predicted molar refractivity (Wildman–Crippen MR) is 110 cm³/mol. The molecule has 0 unspecified atom stereocenters. The lowest BCUT2D eigenvalue weighted by molar-refractivity contribution is -0.137. The molecular weight excluding hydrogens is 370 g/mol. The summed E-state index contributed by atoms with van der Waals surface area (Å²) in [6.45, 7) is 1.94. The molecule has 2 N–H and O–H groups in total. The third-order valence-electron chi connectivity index (χ3n) is 4.13. The summed E-state index contributed by atoms with van der Waals surface area (Å²) in [5.41, 5.74) is 2.53. The molecular formula is C22H21N3O4. The van der Waals surface area contributed by atoms with Gasteiger partial charge in [0.05, 0.1) is 19.4 Å². The molecule has 0 fully saturated rings. The van der Waals surface area contributed by atoms with E-state index in [0.717, 1.165) is 16.5 Å². The van der Waals surface area contributed by atoms with Crippen LogP contribution in [0.4, 0.5) is 0 Å². The largest absolute Gasteiger partial charge is 0.464 e. The van der Waals surface area contributed by atoms with E-state index in [-0.39, 0.29) is 17.9 Å². The fourth-order valence-electron chi connectivity index (χ4n) is 2.76. The van der Waals surface area contributed by atoms with E-state index < -0.39 is 11.9 Å². The smallest absolute Gasteiger partial charge is 0.354 e. The number of esters is 2. The van der Waals surface area contributed by atoms with Gasteiger partial charge in [0.25, 0.3) is 0 Å². The van der Waals surface area contributed by atoms with Crippen molar-refractivity contribution in [3.63, 3.8) is 0 Å². The van der Waals surface area contributed by atoms with Crippen molar-refractivity contribution in [3.8, 4) is 0 Å². The van der Waals surface area contributed by atoms with Crippen LogP contribution in [0.2, 0.25) is 0 Å². The van der Waals surface area contributed by atoms with Crippen molar-refractivity contribution in [2.45, 2.75) is 6.92 Å². The quantitative estimate of drug-likeness (QED) is 0.474. The van der Waals surface area contributed by atoms with Gasteiger partial charge in [-0.15, -0.1) is 0 Å². The van der Waals surface area contributed by atoms with Crippen LogP contribution in [0, 0.1) is 0 Å². The molecule has 0 spiro atoms. The third kappa shape index (κ3) is 4.70. The highest BCUT2D eigenvalue weighted by Gasteiger charge is 2.16. The van der Waals surface area contributed by atoms with Gasteiger partial charge in [-0.1, -0.05) is 24.3 Å². The molecule has 2 aromatic heterocycles. The lowest BCUT2D eigenvalue weighted by Crippen LogP contribution is -2.19. The molecule has 0 aliphatic heterocycles. The van der Waals surface area contributed by atoms with Gasteiger partial charge >= 0.3 is 11.9 Å². The molecule has 3 aromatic rings. The summed E-state index contributed by atoms with van der Waals surface area (Å²) in [5, 5.41) is 3.83. The second-order valence-corrected chi connectivity index (χ2v) is 5.98. The number of hydrogen-bond donors (Lipinski definition) is 2.